The molecule has 15 heavy (non-hydrogen) atoms. The predicted octanol–water partition coefficient (Wildman–Crippen LogP) is 4.44. The maximum atomic E-state index is 3.64. The third-order valence-corrected chi connectivity index (χ3v) is 2.52. The minimum absolute atomic E-state index is 1.08. The second-order valence-electron chi connectivity index (χ2n) is 4.01. The average Bonchev–Trinajstić information content (AvgIpc) is 2.17. The van der Waals surface area contributed by atoms with E-state index in [1.54, 1.807) is 0 Å². The Morgan fingerprint density at radius 3 is 2.47 bits per heavy atom. The van der Waals surface area contributed by atoms with Crippen molar-refractivity contribution < 1.29 is 0 Å². The van der Waals surface area contributed by atoms with E-state index in [4.69, 9.17) is 0 Å². The van der Waals surface area contributed by atoms with Gasteiger partial charge in [0.15, 0.2) is 0 Å². The summed E-state index contributed by atoms with van der Waals surface area (Å²) < 4.78 is 0. The Labute approximate surface area is 92.6 Å². The molecule has 0 aliphatic carbocycles. The van der Waals surface area contributed by atoms with Crippen LogP contribution in [0.5, 0.6) is 0 Å². The van der Waals surface area contributed by atoms with E-state index in [0.29, 0.717) is 0 Å². The molecule has 0 fully saturated rings. The van der Waals surface area contributed by atoms with E-state index in [1.807, 2.05) is 6.92 Å². The lowest BCUT2D eigenvalue weighted by molar-refractivity contribution is 1.34. The normalized spacial score (nSPS) is 11.1. The first-order valence-electron chi connectivity index (χ1n) is 5.17. The molecule has 1 aromatic carbocycles. The number of aryl methyl sites for hydroxylation is 2. The minimum atomic E-state index is 1.08. The van der Waals surface area contributed by atoms with Crippen molar-refractivity contribution in [2.45, 2.75) is 27.7 Å². The molecular weight excluding hydrogens is 180 g/mol. The van der Waals surface area contributed by atoms with E-state index in [1.165, 1.54) is 22.3 Å². The van der Waals surface area contributed by atoms with Gasteiger partial charge in [-0.3, -0.25) is 0 Å². The molecule has 0 radical (unpaired) electrons. The molecule has 1 aromatic rings. The van der Waals surface area contributed by atoms with Gasteiger partial charge in [0.1, 0.15) is 0 Å². The molecule has 0 aliphatic heterocycles. The monoisotopic (exact) mass is 198 g/mol. The van der Waals surface area contributed by atoms with Crippen LogP contribution in [0.25, 0.3) is 5.57 Å². The summed E-state index contributed by atoms with van der Waals surface area (Å²) in [5.74, 6) is 0. The lowest BCUT2D eigenvalue weighted by atomic mass is 9.98. The van der Waals surface area contributed by atoms with Gasteiger partial charge in [-0.2, -0.15) is 0 Å². The lowest BCUT2D eigenvalue weighted by Crippen LogP contribution is -1.87. The van der Waals surface area contributed by atoms with Crippen LogP contribution in [0.4, 0.5) is 0 Å². The van der Waals surface area contributed by atoms with Gasteiger partial charge in [-0.25, -0.2) is 0 Å². The number of hydrogen-bond acceptors (Lipinski definition) is 0. The van der Waals surface area contributed by atoms with Crippen LogP contribution in [0.3, 0.4) is 0 Å². The molecule has 0 nitrogen and oxygen atoms in total. The molecular formula is C15H18. The van der Waals surface area contributed by atoms with Crippen LogP contribution in [0, 0.1) is 13.8 Å². The standard InChI is InChI=1S/C15H18/c1-6-11(2)9-13(4)15-8-7-12(3)10-14(15)5/h7-10H,1H2,2-5H3/b13-9-. The summed E-state index contributed by atoms with van der Waals surface area (Å²) in [5.41, 5.74) is 9.15. The molecule has 0 saturated heterocycles. The second kappa shape index (κ2) is 4.82. The zero-order valence-corrected chi connectivity index (χ0v) is 10.0. The van der Waals surface area contributed by atoms with Crippen molar-refractivity contribution in [2.24, 2.45) is 0 Å². The van der Waals surface area contributed by atoms with Crippen LogP contribution < -0.4 is 0 Å². The first-order chi connectivity index (χ1) is 7.04. The fraction of sp³-hybridized carbons (Fsp3) is 0.267. The number of benzene rings is 1. The van der Waals surface area contributed by atoms with Gasteiger partial charge in [0.25, 0.3) is 0 Å². The summed E-state index contributed by atoms with van der Waals surface area (Å²) in [4.78, 5) is 0. The number of rotatable bonds is 2. The van der Waals surface area contributed by atoms with Crippen LogP contribution >= 0.6 is 0 Å². The average molecular weight is 198 g/mol. The number of allylic oxidation sites excluding steroid dienone is 3. The van der Waals surface area contributed by atoms with E-state index in [9.17, 15) is 0 Å². The molecule has 0 heterocycles. The summed E-state index contributed by atoms with van der Waals surface area (Å²) in [6.07, 6.45) is 2.12. The van der Waals surface area contributed by atoms with Crippen molar-refractivity contribution in [3.63, 3.8) is 0 Å². The van der Waals surface area contributed by atoms with Gasteiger partial charge in [-0.05, 0) is 56.0 Å². The Kier molecular flexibility index (Phi) is 3.71. The van der Waals surface area contributed by atoms with E-state index in [2.05, 4.69) is 57.4 Å². The highest BCUT2D eigenvalue weighted by atomic mass is 14.0. The Morgan fingerprint density at radius 2 is 1.93 bits per heavy atom. The predicted molar refractivity (Wildman–Crippen MR) is 67.9 cm³/mol. The molecule has 1 rings (SSSR count). The summed E-state index contributed by atoms with van der Waals surface area (Å²) in [6, 6.07) is 6.53. The first-order valence-corrected chi connectivity index (χ1v) is 5.17. The van der Waals surface area contributed by atoms with Gasteiger partial charge in [0.05, 0.1) is 0 Å². The smallest absolute Gasteiger partial charge is 0.00948 e. The minimum Gasteiger partial charge on any atom is -0.125 e. The van der Waals surface area contributed by atoms with Gasteiger partial charge in [-0.15, -0.1) is 5.73 Å². The van der Waals surface area contributed by atoms with Gasteiger partial charge in [-0.1, -0.05) is 30.3 Å². The molecule has 0 spiro atoms. The van der Waals surface area contributed by atoms with Crippen molar-refractivity contribution in [3.8, 4) is 0 Å². The molecule has 0 amide bonds. The summed E-state index contributed by atoms with van der Waals surface area (Å²) in [5, 5.41) is 0. The van der Waals surface area contributed by atoms with Crippen molar-refractivity contribution in [1.82, 2.24) is 0 Å². The topological polar surface area (TPSA) is 0 Å². The van der Waals surface area contributed by atoms with Gasteiger partial charge >= 0.3 is 0 Å². The van der Waals surface area contributed by atoms with Crippen LogP contribution in [0.1, 0.15) is 30.5 Å². The number of hydrogen-bond donors (Lipinski definition) is 0. The maximum Gasteiger partial charge on any atom is -0.00948 e. The van der Waals surface area contributed by atoms with Crippen LogP contribution in [0.15, 0.2) is 42.2 Å². The van der Waals surface area contributed by atoms with Crippen LogP contribution in [-0.2, 0) is 0 Å². The zero-order valence-electron chi connectivity index (χ0n) is 10.0. The van der Waals surface area contributed by atoms with Crippen LogP contribution in [0.2, 0.25) is 0 Å². The summed E-state index contributed by atoms with van der Waals surface area (Å²) in [7, 11) is 0. The SMILES string of the molecule is C=C=C(C)/C=C(/C)c1ccc(C)cc1C. The fourth-order valence-electron chi connectivity index (χ4n) is 1.71. The molecule has 0 heteroatoms. The van der Waals surface area contributed by atoms with Crippen molar-refractivity contribution in [1.29, 1.82) is 0 Å². The maximum absolute atomic E-state index is 3.64. The molecule has 0 N–H and O–H groups in total. The van der Waals surface area contributed by atoms with Gasteiger partial charge in [0, 0.05) is 0 Å². The zero-order chi connectivity index (χ0) is 11.4. The molecule has 0 aromatic heterocycles. The molecule has 0 aliphatic rings. The highest BCUT2D eigenvalue weighted by Crippen LogP contribution is 2.20. The molecule has 78 valence electrons. The summed E-state index contributed by atoms with van der Waals surface area (Å²) >= 11 is 0. The Hall–Kier alpha value is -1.52. The third kappa shape index (κ3) is 2.97. The van der Waals surface area contributed by atoms with E-state index < -0.39 is 0 Å². The first kappa shape index (κ1) is 11.6. The Bertz CT molecular complexity index is 441. The fourth-order valence-corrected chi connectivity index (χ4v) is 1.71. The second-order valence-corrected chi connectivity index (χ2v) is 4.01. The molecule has 0 unspecified atom stereocenters. The van der Waals surface area contributed by atoms with E-state index >= 15 is 0 Å². The summed E-state index contributed by atoms with van der Waals surface area (Å²) in [6.45, 7) is 12.0. The lowest BCUT2D eigenvalue weighted by Gasteiger charge is -2.07. The Morgan fingerprint density at radius 1 is 1.27 bits per heavy atom. The third-order valence-electron chi connectivity index (χ3n) is 2.52. The molecule has 0 atom stereocenters. The van der Waals surface area contributed by atoms with Gasteiger partial charge in [0.2, 0.25) is 0 Å². The highest BCUT2D eigenvalue weighted by molar-refractivity contribution is 5.68. The quantitative estimate of drug-likeness (QED) is 0.487. The van der Waals surface area contributed by atoms with Crippen molar-refractivity contribution >= 4 is 5.57 Å². The van der Waals surface area contributed by atoms with Crippen LogP contribution in [-0.4, -0.2) is 0 Å². The molecule has 0 saturated carbocycles. The van der Waals surface area contributed by atoms with E-state index in [-0.39, 0.29) is 0 Å². The largest absolute Gasteiger partial charge is 0.125 e. The van der Waals surface area contributed by atoms with Crippen molar-refractivity contribution in [3.05, 3.63) is 58.8 Å². The highest BCUT2D eigenvalue weighted by Gasteiger charge is 2.00. The molecule has 0 bridgehead atoms. The van der Waals surface area contributed by atoms with E-state index in [0.717, 1.165) is 5.57 Å². The van der Waals surface area contributed by atoms with Gasteiger partial charge < -0.3 is 0 Å². The van der Waals surface area contributed by atoms with Crippen molar-refractivity contribution in [2.75, 3.05) is 0 Å². The Balaban J connectivity index is 3.17.